The molecular weight excluding hydrogens is 208 g/mol. The highest BCUT2D eigenvalue weighted by atomic mass is 32.1. The second kappa shape index (κ2) is 4.75. The van der Waals surface area contributed by atoms with Crippen molar-refractivity contribution in [2.24, 2.45) is 0 Å². The molecule has 2 aromatic heterocycles. The lowest BCUT2D eigenvalue weighted by atomic mass is 10.3. The van der Waals surface area contributed by atoms with Gasteiger partial charge in [-0.1, -0.05) is 0 Å². The van der Waals surface area contributed by atoms with Crippen LogP contribution in [-0.2, 0) is 6.54 Å². The van der Waals surface area contributed by atoms with Crippen molar-refractivity contribution >= 4 is 22.7 Å². The number of aromatic nitrogens is 2. The molecule has 0 saturated heterocycles. The lowest BCUT2D eigenvalue weighted by Crippen LogP contribution is -1.99. The Morgan fingerprint density at radius 1 is 1.20 bits per heavy atom. The van der Waals surface area contributed by atoms with E-state index < -0.39 is 0 Å². The van der Waals surface area contributed by atoms with Gasteiger partial charge in [0.05, 0.1) is 35.8 Å². The molecule has 0 amide bonds. The molecule has 4 nitrogen and oxygen atoms in total. The summed E-state index contributed by atoms with van der Waals surface area (Å²) < 4.78 is 0. The molecule has 0 aliphatic heterocycles. The first kappa shape index (κ1) is 9.92. The standard InChI is InChI=1S/C10H12N4S/c1-11-8-2-9(4-12-3-8)14-6-10-5-13-7-15-10/h2-5,7,11,14H,6H2,1H3. The van der Waals surface area contributed by atoms with Crippen molar-refractivity contribution in [2.75, 3.05) is 17.7 Å². The summed E-state index contributed by atoms with van der Waals surface area (Å²) in [7, 11) is 1.88. The Bertz CT molecular complexity index is 413. The normalized spacial score (nSPS) is 9.93. The largest absolute Gasteiger partial charge is 0.387 e. The molecule has 0 saturated carbocycles. The molecule has 2 aromatic rings. The van der Waals surface area contributed by atoms with Crippen molar-refractivity contribution in [2.45, 2.75) is 6.54 Å². The minimum Gasteiger partial charge on any atom is -0.387 e. The maximum Gasteiger partial charge on any atom is 0.0794 e. The molecule has 2 heterocycles. The maximum atomic E-state index is 4.12. The van der Waals surface area contributed by atoms with E-state index in [1.54, 1.807) is 17.5 Å². The SMILES string of the molecule is CNc1cncc(NCc2cncs2)c1. The summed E-state index contributed by atoms with van der Waals surface area (Å²) in [6, 6.07) is 2.02. The molecular formula is C10H12N4S. The average molecular weight is 220 g/mol. The Morgan fingerprint density at radius 3 is 2.80 bits per heavy atom. The van der Waals surface area contributed by atoms with E-state index in [4.69, 9.17) is 0 Å². The number of anilines is 2. The summed E-state index contributed by atoms with van der Waals surface area (Å²) in [6.07, 6.45) is 5.47. The van der Waals surface area contributed by atoms with Gasteiger partial charge in [0.2, 0.25) is 0 Å². The minimum absolute atomic E-state index is 0.791. The van der Waals surface area contributed by atoms with Gasteiger partial charge in [0, 0.05) is 18.1 Å². The molecule has 0 aliphatic carbocycles. The summed E-state index contributed by atoms with van der Waals surface area (Å²) in [5.74, 6) is 0. The van der Waals surface area contributed by atoms with Crippen LogP contribution in [0.4, 0.5) is 11.4 Å². The van der Waals surface area contributed by atoms with Crippen LogP contribution in [0.2, 0.25) is 0 Å². The number of hydrogen-bond acceptors (Lipinski definition) is 5. The Labute approximate surface area is 92.4 Å². The molecule has 78 valence electrons. The second-order valence-corrected chi connectivity index (χ2v) is 4.00. The zero-order valence-electron chi connectivity index (χ0n) is 8.40. The molecule has 15 heavy (non-hydrogen) atoms. The van der Waals surface area contributed by atoms with Crippen LogP contribution >= 0.6 is 11.3 Å². The smallest absolute Gasteiger partial charge is 0.0794 e. The van der Waals surface area contributed by atoms with Gasteiger partial charge in [-0.2, -0.15) is 0 Å². The van der Waals surface area contributed by atoms with E-state index in [9.17, 15) is 0 Å². The summed E-state index contributed by atoms with van der Waals surface area (Å²) in [5, 5.41) is 6.34. The van der Waals surface area contributed by atoms with Gasteiger partial charge in [-0.3, -0.25) is 9.97 Å². The summed E-state index contributed by atoms with van der Waals surface area (Å²) >= 11 is 1.64. The summed E-state index contributed by atoms with van der Waals surface area (Å²) in [5.41, 5.74) is 3.85. The third kappa shape index (κ3) is 2.66. The van der Waals surface area contributed by atoms with Crippen LogP contribution in [0.25, 0.3) is 0 Å². The Morgan fingerprint density at radius 2 is 2.07 bits per heavy atom. The van der Waals surface area contributed by atoms with E-state index in [1.807, 2.05) is 31.0 Å². The predicted molar refractivity (Wildman–Crippen MR) is 63.2 cm³/mol. The van der Waals surface area contributed by atoms with Crippen molar-refractivity contribution in [3.8, 4) is 0 Å². The lowest BCUT2D eigenvalue weighted by Gasteiger charge is -2.05. The van der Waals surface area contributed by atoms with E-state index in [2.05, 4.69) is 20.6 Å². The van der Waals surface area contributed by atoms with Crippen molar-refractivity contribution in [3.05, 3.63) is 35.0 Å². The molecule has 0 fully saturated rings. The number of nitrogens with zero attached hydrogens (tertiary/aromatic N) is 2. The van der Waals surface area contributed by atoms with Gasteiger partial charge in [0.25, 0.3) is 0 Å². The van der Waals surface area contributed by atoms with Crippen molar-refractivity contribution < 1.29 is 0 Å². The van der Waals surface area contributed by atoms with E-state index in [0.717, 1.165) is 17.9 Å². The van der Waals surface area contributed by atoms with E-state index in [0.29, 0.717) is 0 Å². The Kier molecular flexibility index (Phi) is 3.14. The number of hydrogen-bond donors (Lipinski definition) is 2. The van der Waals surface area contributed by atoms with Crippen LogP contribution in [0, 0.1) is 0 Å². The van der Waals surface area contributed by atoms with Gasteiger partial charge in [0.1, 0.15) is 0 Å². The van der Waals surface area contributed by atoms with Crippen LogP contribution < -0.4 is 10.6 Å². The first-order valence-electron chi connectivity index (χ1n) is 4.62. The third-order valence-corrected chi connectivity index (χ3v) is 2.76. The topological polar surface area (TPSA) is 49.8 Å². The lowest BCUT2D eigenvalue weighted by molar-refractivity contribution is 1.16. The van der Waals surface area contributed by atoms with Crippen LogP contribution in [0.15, 0.2) is 30.2 Å². The summed E-state index contributed by atoms with van der Waals surface area (Å²) in [6.45, 7) is 0.791. The van der Waals surface area contributed by atoms with Gasteiger partial charge in [-0.25, -0.2) is 0 Å². The molecule has 0 bridgehead atoms. The van der Waals surface area contributed by atoms with Crippen LogP contribution in [0.1, 0.15) is 4.88 Å². The number of thiazole rings is 1. The quantitative estimate of drug-likeness (QED) is 0.829. The fourth-order valence-electron chi connectivity index (χ4n) is 1.19. The fraction of sp³-hybridized carbons (Fsp3) is 0.200. The van der Waals surface area contributed by atoms with Gasteiger partial charge in [-0.05, 0) is 6.07 Å². The van der Waals surface area contributed by atoms with Gasteiger partial charge >= 0.3 is 0 Å². The molecule has 0 atom stereocenters. The van der Waals surface area contributed by atoms with Gasteiger partial charge in [0.15, 0.2) is 0 Å². The van der Waals surface area contributed by atoms with Gasteiger partial charge in [-0.15, -0.1) is 11.3 Å². The number of pyridine rings is 1. The van der Waals surface area contributed by atoms with Gasteiger partial charge < -0.3 is 10.6 Å². The molecule has 0 aliphatic rings. The van der Waals surface area contributed by atoms with Crippen molar-refractivity contribution in [1.29, 1.82) is 0 Å². The van der Waals surface area contributed by atoms with Crippen LogP contribution in [0.5, 0.6) is 0 Å². The first-order chi connectivity index (χ1) is 7.38. The monoisotopic (exact) mass is 220 g/mol. The zero-order chi connectivity index (χ0) is 10.5. The number of rotatable bonds is 4. The second-order valence-electron chi connectivity index (χ2n) is 3.03. The third-order valence-electron chi connectivity index (χ3n) is 1.98. The van der Waals surface area contributed by atoms with Crippen molar-refractivity contribution in [3.63, 3.8) is 0 Å². The maximum absolute atomic E-state index is 4.12. The molecule has 0 radical (unpaired) electrons. The molecule has 0 unspecified atom stereocenters. The predicted octanol–water partition coefficient (Wildman–Crippen LogP) is 2.19. The Hall–Kier alpha value is -1.62. The van der Waals surface area contributed by atoms with Crippen molar-refractivity contribution in [1.82, 2.24) is 9.97 Å². The van der Waals surface area contributed by atoms with E-state index >= 15 is 0 Å². The average Bonchev–Trinajstić information content (AvgIpc) is 2.79. The molecule has 0 spiro atoms. The van der Waals surface area contributed by atoms with Crippen LogP contribution in [-0.4, -0.2) is 17.0 Å². The highest BCUT2D eigenvalue weighted by Crippen LogP contribution is 2.14. The fourth-order valence-corrected chi connectivity index (χ4v) is 1.73. The molecule has 0 aromatic carbocycles. The number of nitrogens with one attached hydrogen (secondary N) is 2. The van der Waals surface area contributed by atoms with Crippen LogP contribution in [0.3, 0.4) is 0 Å². The Balaban J connectivity index is 1.98. The molecule has 5 heteroatoms. The highest BCUT2D eigenvalue weighted by Gasteiger charge is 1.96. The molecule has 2 rings (SSSR count). The van der Waals surface area contributed by atoms with E-state index in [-0.39, 0.29) is 0 Å². The zero-order valence-corrected chi connectivity index (χ0v) is 9.21. The van der Waals surface area contributed by atoms with E-state index in [1.165, 1.54) is 4.88 Å². The minimum atomic E-state index is 0.791. The summed E-state index contributed by atoms with van der Waals surface area (Å²) in [4.78, 5) is 9.35. The first-order valence-corrected chi connectivity index (χ1v) is 5.50. The molecule has 2 N–H and O–H groups in total. The highest BCUT2D eigenvalue weighted by molar-refractivity contribution is 7.09.